The van der Waals surface area contributed by atoms with Crippen LogP contribution in [-0.2, 0) is 9.59 Å². The van der Waals surface area contributed by atoms with Gasteiger partial charge in [0.05, 0.1) is 24.2 Å². The van der Waals surface area contributed by atoms with Crippen molar-refractivity contribution in [3.8, 4) is 0 Å². The van der Waals surface area contributed by atoms with Gasteiger partial charge in [0.2, 0.25) is 12.3 Å². The number of anilines is 1. The lowest BCUT2D eigenvalue weighted by Gasteiger charge is -2.32. The normalized spacial score (nSPS) is 18.7. The molecular formula is C23H28N4O3. The van der Waals surface area contributed by atoms with E-state index in [4.69, 9.17) is 4.99 Å². The van der Waals surface area contributed by atoms with E-state index in [0.29, 0.717) is 24.4 Å². The number of likely N-dealkylation sites (tertiary alicyclic amines) is 1. The third-order valence-corrected chi connectivity index (χ3v) is 6.02. The highest BCUT2D eigenvalue weighted by molar-refractivity contribution is 6.15. The number of hydrogen-bond donors (Lipinski definition) is 2. The van der Waals surface area contributed by atoms with Crippen molar-refractivity contribution in [2.24, 2.45) is 10.9 Å². The van der Waals surface area contributed by atoms with E-state index < -0.39 is 5.92 Å². The van der Waals surface area contributed by atoms with Crippen LogP contribution in [0.1, 0.15) is 39.0 Å². The summed E-state index contributed by atoms with van der Waals surface area (Å²) in [6.07, 6.45) is 4.57. The van der Waals surface area contributed by atoms with Crippen molar-refractivity contribution in [3.63, 3.8) is 0 Å². The molecule has 7 heteroatoms. The Morgan fingerprint density at radius 1 is 1.37 bits per heavy atom. The summed E-state index contributed by atoms with van der Waals surface area (Å²) in [6, 6.07) is 12.1. The molecule has 2 aromatic rings. The summed E-state index contributed by atoms with van der Waals surface area (Å²) in [7, 11) is 0. The molecule has 2 unspecified atom stereocenters. The number of aliphatic imine (C=N–C) groups is 1. The quantitative estimate of drug-likeness (QED) is 0.394. The van der Waals surface area contributed by atoms with Gasteiger partial charge in [0, 0.05) is 17.6 Å². The minimum atomic E-state index is -0.416. The van der Waals surface area contributed by atoms with E-state index >= 15 is 0 Å². The van der Waals surface area contributed by atoms with Crippen LogP contribution in [0.4, 0.5) is 11.4 Å². The Morgan fingerprint density at radius 2 is 2.17 bits per heavy atom. The van der Waals surface area contributed by atoms with Crippen LogP contribution in [0.5, 0.6) is 0 Å². The van der Waals surface area contributed by atoms with E-state index in [1.807, 2.05) is 29.2 Å². The molecule has 30 heavy (non-hydrogen) atoms. The fourth-order valence-corrected chi connectivity index (χ4v) is 4.53. The van der Waals surface area contributed by atoms with Crippen molar-refractivity contribution in [1.29, 1.82) is 0 Å². The molecule has 158 valence electrons. The molecule has 2 N–H and O–H groups in total. The predicted molar refractivity (Wildman–Crippen MR) is 117 cm³/mol. The second-order valence-electron chi connectivity index (χ2n) is 8.06. The number of benzene rings is 2. The molecule has 0 spiro atoms. The largest absolute Gasteiger partial charge is 0.341 e. The number of nitrogens with zero attached hydrogens (tertiary/aromatic N) is 3. The maximum Gasteiger partial charge on any atom is 0.233 e. The number of hydrogen-bond acceptors (Lipinski definition) is 5. The maximum absolute atomic E-state index is 13.4. The molecule has 2 aliphatic heterocycles. The Kier molecular flexibility index (Phi) is 5.99. The number of carbonyl (C=O) groups is 2. The molecule has 0 saturated carbocycles. The van der Waals surface area contributed by atoms with Gasteiger partial charge in [-0.1, -0.05) is 44.0 Å². The highest BCUT2D eigenvalue weighted by Crippen LogP contribution is 2.37. The van der Waals surface area contributed by atoms with Crippen LogP contribution < -0.4 is 5.32 Å². The number of rotatable bonds is 8. The number of amidine groups is 1. The van der Waals surface area contributed by atoms with Crippen LogP contribution >= 0.6 is 0 Å². The van der Waals surface area contributed by atoms with Crippen molar-refractivity contribution in [2.45, 2.75) is 45.1 Å². The van der Waals surface area contributed by atoms with E-state index in [2.05, 4.69) is 24.4 Å². The standard InChI is InChI=1S/C23H28N4O3/c1-2-3-7-17(14-26(30)15-28)23(29)27-13-6-12-20(27)22-24-18-10-4-8-16-9-5-11-19(25-22)21(16)18/h4-5,8-11,15,17,20,30H,2-3,6-7,12-14H2,1H3,(H,24,25). The number of carbonyl (C=O) groups excluding carboxylic acids is 2. The van der Waals surface area contributed by atoms with Crippen LogP contribution in [0, 0.1) is 5.92 Å². The van der Waals surface area contributed by atoms with Crippen molar-refractivity contribution in [3.05, 3.63) is 36.4 Å². The molecule has 0 aliphatic carbocycles. The fourth-order valence-electron chi connectivity index (χ4n) is 4.53. The topological polar surface area (TPSA) is 85.2 Å². The van der Waals surface area contributed by atoms with E-state index in [1.54, 1.807) is 0 Å². The zero-order chi connectivity index (χ0) is 21.1. The molecule has 0 radical (unpaired) electrons. The van der Waals surface area contributed by atoms with Crippen LogP contribution in [0.3, 0.4) is 0 Å². The average molecular weight is 409 g/mol. The second kappa shape index (κ2) is 8.83. The minimum absolute atomic E-state index is 0.0200. The molecular weight excluding hydrogens is 380 g/mol. The Hall–Kier alpha value is -2.93. The molecule has 4 rings (SSSR count). The van der Waals surface area contributed by atoms with Crippen LogP contribution in [0.15, 0.2) is 41.4 Å². The van der Waals surface area contributed by atoms with Crippen molar-refractivity contribution in [1.82, 2.24) is 9.96 Å². The molecule has 7 nitrogen and oxygen atoms in total. The monoisotopic (exact) mass is 408 g/mol. The summed E-state index contributed by atoms with van der Waals surface area (Å²) >= 11 is 0. The van der Waals surface area contributed by atoms with Gasteiger partial charge < -0.3 is 10.2 Å². The first-order valence-corrected chi connectivity index (χ1v) is 10.7. The molecule has 2 aliphatic rings. The van der Waals surface area contributed by atoms with Gasteiger partial charge in [-0.3, -0.25) is 14.8 Å². The highest BCUT2D eigenvalue weighted by Gasteiger charge is 2.37. The summed E-state index contributed by atoms with van der Waals surface area (Å²) in [5.74, 6) is 0.353. The van der Waals surface area contributed by atoms with Gasteiger partial charge in [-0.2, -0.15) is 0 Å². The first kappa shape index (κ1) is 20.3. The summed E-state index contributed by atoms with van der Waals surface area (Å²) in [5, 5.41) is 16.0. The summed E-state index contributed by atoms with van der Waals surface area (Å²) < 4.78 is 0. The zero-order valence-corrected chi connectivity index (χ0v) is 17.3. The number of amides is 2. The average Bonchev–Trinajstić information content (AvgIpc) is 3.26. The van der Waals surface area contributed by atoms with E-state index in [0.717, 1.165) is 53.7 Å². The van der Waals surface area contributed by atoms with E-state index in [1.165, 1.54) is 0 Å². The van der Waals surface area contributed by atoms with E-state index in [-0.39, 0.29) is 18.5 Å². The second-order valence-corrected chi connectivity index (χ2v) is 8.06. The lowest BCUT2D eigenvalue weighted by molar-refractivity contribution is -0.156. The molecule has 2 aromatic carbocycles. The van der Waals surface area contributed by atoms with Crippen molar-refractivity contribution < 1.29 is 14.8 Å². The third-order valence-electron chi connectivity index (χ3n) is 6.02. The Labute approximate surface area is 176 Å². The van der Waals surface area contributed by atoms with Crippen LogP contribution in [0.25, 0.3) is 10.8 Å². The van der Waals surface area contributed by atoms with Gasteiger partial charge in [0.15, 0.2) is 0 Å². The Morgan fingerprint density at radius 3 is 2.93 bits per heavy atom. The Balaban J connectivity index is 1.60. The summed E-state index contributed by atoms with van der Waals surface area (Å²) in [6.45, 7) is 2.74. The smallest absolute Gasteiger partial charge is 0.233 e. The molecule has 2 heterocycles. The van der Waals surface area contributed by atoms with Gasteiger partial charge in [0.1, 0.15) is 5.84 Å². The summed E-state index contributed by atoms with van der Waals surface area (Å²) in [5.41, 5.74) is 1.93. The molecule has 0 bridgehead atoms. The van der Waals surface area contributed by atoms with Crippen LogP contribution in [-0.4, -0.2) is 52.5 Å². The van der Waals surface area contributed by atoms with Gasteiger partial charge >= 0.3 is 0 Å². The molecule has 1 fully saturated rings. The first-order valence-electron chi connectivity index (χ1n) is 10.7. The molecule has 1 saturated heterocycles. The third kappa shape index (κ3) is 3.89. The van der Waals surface area contributed by atoms with Crippen LogP contribution in [0.2, 0.25) is 0 Å². The number of unbranched alkanes of at least 4 members (excludes halogenated alkanes) is 1. The maximum atomic E-state index is 13.4. The lowest BCUT2D eigenvalue weighted by atomic mass is 9.99. The number of hydroxylamine groups is 2. The zero-order valence-electron chi connectivity index (χ0n) is 17.3. The molecule has 0 aromatic heterocycles. The SMILES string of the molecule is CCCCC(CN(O)C=O)C(=O)N1CCCC1C1=Nc2cccc3cccc(c23)N1. The van der Waals surface area contributed by atoms with Gasteiger partial charge in [-0.25, -0.2) is 10.1 Å². The van der Waals surface area contributed by atoms with Gasteiger partial charge in [0.25, 0.3) is 0 Å². The highest BCUT2D eigenvalue weighted by atomic mass is 16.5. The fraction of sp³-hybridized carbons (Fsp3) is 0.435. The first-order chi connectivity index (χ1) is 14.6. The van der Waals surface area contributed by atoms with Crippen molar-refractivity contribution >= 4 is 40.3 Å². The Bertz CT molecular complexity index is 969. The van der Waals surface area contributed by atoms with Crippen molar-refractivity contribution in [2.75, 3.05) is 18.4 Å². The molecule has 2 atom stereocenters. The van der Waals surface area contributed by atoms with Gasteiger partial charge in [-0.15, -0.1) is 0 Å². The van der Waals surface area contributed by atoms with E-state index in [9.17, 15) is 14.8 Å². The minimum Gasteiger partial charge on any atom is -0.341 e. The predicted octanol–water partition coefficient (Wildman–Crippen LogP) is 3.94. The summed E-state index contributed by atoms with van der Waals surface area (Å²) in [4.78, 5) is 31.0. The van der Waals surface area contributed by atoms with Gasteiger partial charge in [-0.05, 0) is 36.8 Å². The lowest BCUT2D eigenvalue weighted by Crippen LogP contribution is -2.47. The number of nitrogens with one attached hydrogen (secondary N) is 1. The molecule has 2 amide bonds.